The summed E-state index contributed by atoms with van der Waals surface area (Å²) in [5.41, 5.74) is 3.81. The van der Waals surface area contributed by atoms with E-state index in [9.17, 15) is 14.4 Å². The van der Waals surface area contributed by atoms with Gasteiger partial charge in [0.25, 0.3) is 11.8 Å². The molecule has 0 spiro atoms. The van der Waals surface area contributed by atoms with E-state index < -0.39 is 0 Å². The van der Waals surface area contributed by atoms with Crippen molar-refractivity contribution in [3.63, 3.8) is 0 Å². The molecule has 2 aromatic carbocycles. The highest BCUT2D eigenvalue weighted by atomic mass is 16.2. The number of hydrogen-bond donors (Lipinski definition) is 0. The van der Waals surface area contributed by atoms with Gasteiger partial charge in [0, 0.05) is 12.2 Å². The molecule has 0 saturated heterocycles. The Balaban J connectivity index is 1.62. The summed E-state index contributed by atoms with van der Waals surface area (Å²) in [4.78, 5) is 38.7. The maximum atomic E-state index is 12.4. The number of carbonyl (C=O) groups is 3. The molecule has 23 heavy (non-hydrogen) atoms. The Bertz CT molecular complexity index is 809. The van der Waals surface area contributed by atoms with Crippen molar-refractivity contribution in [3.8, 4) is 0 Å². The largest absolute Gasteiger partial charge is 0.314 e. The number of rotatable bonds is 3. The van der Waals surface area contributed by atoms with Crippen LogP contribution < -0.4 is 4.90 Å². The van der Waals surface area contributed by atoms with E-state index >= 15 is 0 Å². The van der Waals surface area contributed by atoms with Crippen molar-refractivity contribution in [3.05, 3.63) is 64.7 Å². The molecule has 5 heteroatoms. The van der Waals surface area contributed by atoms with Crippen molar-refractivity contribution >= 4 is 23.9 Å². The zero-order valence-corrected chi connectivity index (χ0v) is 12.4. The van der Waals surface area contributed by atoms with Crippen LogP contribution in [0.15, 0.2) is 42.5 Å². The number of nitrogens with zero attached hydrogens (tertiary/aromatic N) is 2. The summed E-state index contributed by atoms with van der Waals surface area (Å²) >= 11 is 0. The highest BCUT2D eigenvalue weighted by Crippen LogP contribution is 2.29. The van der Waals surface area contributed by atoms with Crippen molar-refractivity contribution in [1.82, 2.24) is 4.90 Å². The zero-order valence-electron chi connectivity index (χ0n) is 12.4. The summed E-state index contributed by atoms with van der Waals surface area (Å²) in [7, 11) is 0. The first-order chi connectivity index (χ1) is 11.2. The van der Waals surface area contributed by atoms with Gasteiger partial charge in [0.1, 0.15) is 0 Å². The van der Waals surface area contributed by atoms with Gasteiger partial charge in [0.2, 0.25) is 6.41 Å². The van der Waals surface area contributed by atoms with Crippen LogP contribution in [0.3, 0.4) is 0 Å². The van der Waals surface area contributed by atoms with E-state index in [1.165, 1.54) is 4.90 Å². The zero-order chi connectivity index (χ0) is 16.0. The fourth-order valence-corrected chi connectivity index (χ4v) is 3.25. The number of anilines is 1. The number of amides is 3. The molecule has 5 nitrogen and oxygen atoms in total. The lowest BCUT2D eigenvalue weighted by Gasteiger charge is -2.15. The average Bonchev–Trinajstić information content (AvgIpc) is 3.09. The van der Waals surface area contributed by atoms with E-state index in [1.54, 1.807) is 29.2 Å². The second-order valence-electron chi connectivity index (χ2n) is 5.75. The smallest absolute Gasteiger partial charge is 0.261 e. The molecule has 0 unspecified atom stereocenters. The van der Waals surface area contributed by atoms with E-state index in [2.05, 4.69) is 0 Å². The molecule has 2 aliphatic rings. The Labute approximate surface area is 133 Å². The van der Waals surface area contributed by atoms with E-state index in [1.807, 2.05) is 18.2 Å². The molecule has 0 aliphatic carbocycles. The van der Waals surface area contributed by atoms with Crippen LogP contribution >= 0.6 is 0 Å². The fraction of sp³-hybridized carbons (Fsp3) is 0.167. The Kier molecular flexibility index (Phi) is 3.01. The van der Waals surface area contributed by atoms with Crippen molar-refractivity contribution in [1.29, 1.82) is 0 Å². The lowest BCUT2D eigenvalue weighted by atomic mass is 10.1. The van der Waals surface area contributed by atoms with Crippen LogP contribution in [0, 0.1) is 0 Å². The van der Waals surface area contributed by atoms with E-state index in [0.717, 1.165) is 29.6 Å². The fourth-order valence-electron chi connectivity index (χ4n) is 3.25. The number of benzene rings is 2. The molecular formula is C18H14N2O3. The Morgan fingerprint density at radius 2 is 1.70 bits per heavy atom. The van der Waals surface area contributed by atoms with Crippen LogP contribution in [0.2, 0.25) is 0 Å². The lowest BCUT2D eigenvalue weighted by Crippen LogP contribution is -2.29. The number of hydrogen-bond acceptors (Lipinski definition) is 3. The van der Waals surface area contributed by atoms with Gasteiger partial charge in [0.15, 0.2) is 0 Å². The van der Waals surface area contributed by atoms with Gasteiger partial charge in [-0.25, -0.2) is 0 Å². The van der Waals surface area contributed by atoms with Gasteiger partial charge in [-0.15, -0.1) is 0 Å². The molecule has 0 fully saturated rings. The number of fused-ring (bicyclic) bond motifs is 2. The molecule has 2 aromatic rings. The first kappa shape index (κ1) is 13.7. The number of imide groups is 1. The molecule has 114 valence electrons. The normalized spacial score (nSPS) is 15.8. The first-order valence-electron chi connectivity index (χ1n) is 7.48. The third-order valence-corrected chi connectivity index (χ3v) is 4.42. The molecule has 0 radical (unpaired) electrons. The first-order valence-corrected chi connectivity index (χ1v) is 7.48. The summed E-state index contributed by atoms with van der Waals surface area (Å²) in [6.07, 6.45) is 1.62. The molecule has 4 rings (SSSR count). The van der Waals surface area contributed by atoms with Crippen LogP contribution in [0.1, 0.15) is 31.8 Å². The molecular weight excluding hydrogens is 292 g/mol. The van der Waals surface area contributed by atoms with Crippen LogP contribution in [0.5, 0.6) is 0 Å². The predicted octanol–water partition coefficient (Wildman–Crippen LogP) is 2.00. The topological polar surface area (TPSA) is 57.7 Å². The Hall–Kier alpha value is -2.95. The maximum Gasteiger partial charge on any atom is 0.261 e. The Morgan fingerprint density at radius 1 is 1.00 bits per heavy atom. The predicted molar refractivity (Wildman–Crippen MR) is 84.2 cm³/mol. The van der Waals surface area contributed by atoms with Crippen molar-refractivity contribution in [2.75, 3.05) is 11.4 Å². The van der Waals surface area contributed by atoms with Crippen LogP contribution in [-0.4, -0.2) is 29.7 Å². The number of carbonyl (C=O) groups excluding carboxylic acids is 3. The van der Waals surface area contributed by atoms with Crippen LogP contribution in [0.25, 0.3) is 0 Å². The highest BCUT2D eigenvalue weighted by molar-refractivity contribution is 6.21. The van der Waals surface area contributed by atoms with Gasteiger partial charge in [-0.05, 0) is 35.7 Å². The summed E-state index contributed by atoms with van der Waals surface area (Å²) in [6, 6.07) is 12.6. The quantitative estimate of drug-likeness (QED) is 0.644. The van der Waals surface area contributed by atoms with Crippen molar-refractivity contribution < 1.29 is 14.4 Å². The molecule has 2 aliphatic heterocycles. The second-order valence-corrected chi connectivity index (χ2v) is 5.75. The average molecular weight is 306 g/mol. The minimum absolute atomic E-state index is 0.249. The molecule has 3 amide bonds. The van der Waals surface area contributed by atoms with Crippen molar-refractivity contribution in [2.45, 2.75) is 13.0 Å². The van der Waals surface area contributed by atoms with E-state index in [-0.39, 0.29) is 18.4 Å². The summed E-state index contributed by atoms with van der Waals surface area (Å²) in [5.74, 6) is -0.499. The minimum atomic E-state index is -0.249. The van der Waals surface area contributed by atoms with Crippen LogP contribution in [-0.2, 0) is 17.8 Å². The van der Waals surface area contributed by atoms with Crippen molar-refractivity contribution in [2.24, 2.45) is 0 Å². The minimum Gasteiger partial charge on any atom is -0.314 e. The van der Waals surface area contributed by atoms with Gasteiger partial charge in [-0.3, -0.25) is 19.3 Å². The molecule has 0 atom stereocenters. The molecule has 0 saturated carbocycles. The van der Waals surface area contributed by atoms with E-state index in [0.29, 0.717) is 17.7 Å². The summed E-state index contributed by atoms with van der Waals surface area (Å²) in [6.45, 7) is 0.927. The second kappa shape index (κ2) is 5.05. The maximum absolute atomic E-state index is 12.4. The van der Waals surface area contributed by atoms with Gasteiger partial charge in [-0.1, -0.05) is 24.3 Å². The molecule has 0 N–H and O–H groups in total. The third kappa shape index (κ3) is 2.04. The Morgan fingerprint density at radius 3 is 2.35 bits per heavy atom. The summed E-state index contributed by atoms with van der Waals surface area (Å²) < 4.78 is 0. The summed E-state index contributed by atoms with van der Waals surface area (Å²) in [5, 5.41) is 0. The molecule has 2 heterocycles. The van der Waals surface area contributed by atoms with Gasteiger partial charge < -0.3 is 4.90 Å². The monoisotopic (exact) mass is 306 g/mol. The SMILES string of the molecule is O=CN1CCc2cc(CN3C(=O)c4ccccc4C3=O)ccc21. The lowest BCUT2D eigenvalue weighted by molar-refractivity contribution is -0.107. The van der Waals surface area contributed by atoms with Crippen LogP contribution in [0.4, 0.5) is 5.69 Å². The molecule has 0 aromatic heterocycles. The molecule has 0 bridgehead atoms. The third-order valence-electron chi connectivity index (χ3n) is 4.42. The van der Waals surface area contributed by atoms with E-state index in [4.69, 9.17) is 0 Å². The van der Waals surface area contributed by atoms with Gasteiger partial charge in [0.05, 0.1) is 17.7 Å². The standard InChI is InChI=1S/C18H14N2O3/c21-11-19-8-7-13-9-12(5-6-16(13)19)10-20-17(22)14-3-1-2-4-15(14)18(20)23/h1-6,9,11H,7-8,10H2. The van der Waals surface area contributed by atoms with Gasteiger partial charge in [-0.2, -0.15) is 0 Å². The highest BCUT2D eigenvalue weighted by Gasteiger charge is 2.35. The van der Waals surface area contributed by atoms with Gasteiger partial charge >= 0.3 is 0 Å².